The molecule has 0 aliphatic heterocycles. The van der Waals surface area contributed by atoms with E-state index in [1.54, 1.807) is 6.92 Å². The molecular weight excluding hydrogens is 194 g/mol. The SMILES string of the molecule is CC(CCCNC(=O)CC1CC1)C(=O)O. The number of carbonyl (C=O) groups is 2. The van der Waals surface area contributed by atoms with E-state index in [1.165, 1.54) is 12.8 Å². The molecule has 86 valence electrons. The minimum atomic E-state index is -0.765. The van der Waals surface area contributed by atoms with Crippen LogP contribution in [0.1, 0.15) is 39.0 Å². The lowest BCUT2D eigenvalue weighted by Crippen LogP contribution is -2.25. The van der Waals surface area contributed by atoms with E-state index in [-0.39, 0.29) is 11.8 Å². The van der Waals surface area contributed by atoms with Crippen molar-refractivity contribution < 1.29 is 14.7 Å². The third-order valence-corrected chi connectivity index (χ3v) is 2.73. The van der Waals surface area contributed by atoms with Crippen molar-refractivity contribution in [1.29, 1.82) is 0 Å². The number of hydrogen-bond donors (Lipinski definition) is 2. The molecular formula is C11H19NO3. The number of carboxylic acids is 1. The third kappa shape index (κ3) is 5.40. The van der Waals surface area contributed by atoms with Gasteiger partial charge in [0.2, 0.25) is 5.91 Å². The molecule has 0 bridgehead atoms. The molecule has 0 aromatic rings. The van der Waals surface area contributed by atoms with Crippen molar-refractivity contribution in [3.05, 3.63) is 0 Å². The molecule has 1 saturated carbocycles. The third-order valence-electron chi connectivity index (χ3n) is 2.73. The Hall–Kier alpha value is -1.06. The van der Waals surface area contributed by atoms with Crippen LogP contribution < -0.4 is 5.32 Å². The van der Waals surface area contributed by atoms with E-state index in [4.69, 9.17) is 5.11 Å². The average molecular weight is 213 g/mol. The van der Waals surface area contributed by atoms with Crippen LogP contribution in [-0.2, 0) is 9.59 Å². The highest BCUT2D eigenvalue weighted by atomic mass is 16.4. The van der Waals surface area contributed by atoms with Gasteiger partial charge in [-0.2, -0.15) is 0 Å². The van der Waals surface area contributed by atoms with Crippen LogP contribution in [0.2, 0.25) is 0 Å². The van der Waals surface area contributed by atoms with Gasteiger partial charge in [-0.25, -0.2) is 0 Å². The van der Waals surface area contributed by atoms with Crippen molar-refractivity contribution in [2.24, 2.45) is 11.8 Å². The summed E-state index contributed by atoms with van der Waals surface area (Å²) in [6, 6.07) is 0. The molecule has 1 atom stereocenters. The monoisotopic (exact) mass is 213 g/mol. The average Bonchev–Trinajstić information content (AvgIpc) is 2.95. The second kappa shape index (κ2) is 5.73. The maximum absolute atomic E-state index is 11.2. The largest absolute Gasteiger partial charge is 0.481 e. The fraction of sp³-hybridized carbons (Fsp3) is 0.818. The van der Waals surface area contributed by atoms with E-state index in [2.05, 4.69) is 5.32 Å². The molecule has 1 aliphatic rings. The van der Waals surface area contributed by atoms with Crippen molar-refractivity contribution in [3.63, 3.8) is 0 Å². The van der Waals surface area contributed by atoms with E-state index in [1.807, 2.05) is 0 Å². The summed E-state index contributed by atoms with van der Waals surface area (Å²) in [7, 11) is 0. The Bertz CT molecular complexity index is 236. The summed E-state index contributed by atoms with van der Waals surface area (Å²) in [5.74, 6) is -0.354. The molecule has 0 radical (unpaired) electrons. The predicted octanol–water partition coefficient (Wildman–Crippen LogP) is 1.40. The van der Waals surface area contributed by atoms with Crippen molar-refractivity contribution in [3.8, 4) is 0 Å². The second-order valence-corrected chi connectivity index (χ2v) is 4.38. The van der Waals surface area contributed by atoms with Gasteiger partial charge in [-0.05, 0) is 31.6 Å². The number of hydrogen-bond acceptors (Lipinski definition) is 2. The lowest BCUT2D eigenvalue weighted by Gasteiger charge is -2.07. The Labute approximate surface area is 90.0 Å². The van der Waals surface area contributed by atoms with Crippen molar-refractivity contribution in [2.75, 3.05) is 6.54 Å². The van der Waals surface area contributed by atoms with Crippen LogP contribution in [0, 0.1) is 11.8 Å². The summed E-state index contributed by atoms with van der Waals surface area (Å²) in [6.45, 7) is 2.29. The first kappa shape index (κ1) is 12.0. The van der Waals surface area contributed by atoms with Crippen LogP contribution >= 0.6 is 0 Å². The van der Waals surface area contributed by atoms with Gasteiger partial charge in [-0.3, -0.25) is 9.59 Å². The number of carboxylic acid groups (broad SMARTS) is 1. The second-order valence-electron chi connectivity index (χ2n) is 4.38. The molecule has 0 aromatic heterocycles. The topological polar surface area (TPSA) is 66.4 Å². The molecule has 1 amide bonds. The molecule has 1 aliphatic carbocycles. The van der Waals surface area contributed by atoms with Crippen molar-refractivity contribution in [1.82, 2.24) is 5.32 Å². The summed E-state index contributed by atoms with van der Waals surface area (Å²) in [4.78, 5) is 21.7. The van der Waals surface area contributed by atoms with E-state index < -0.39 is 5.97 Å². The highest BCUT2D eigenvalue weighted by Crippen LogP contribution is 2.31. The van der Waals surface area contributed by atoms with Gasteiger partial charge < -0.3 is 10.4 Å². The molecule has 0 heterocycles. The van der Waals surface area contributed by atoms with Crippen LogP contribution in [0.4, 0.5) is 0 Å². The Morgan fingerprint density at radius 3 is 2.67 bits per heavy atom. The van der Waals surface area contributed by atoms with Crippen molar-refractivity contribution in [2.45, 2.75) is 39.0 Å². The van der Waals surface area contributed by atoms with Crippen molar-refractivity contribution >= 4 is 11.9 Å². The number of aliphatic carboxylic acids is 1. The predicted molar refractivity (Wildman–Crippen MR) is 56.4 cm³/mol. The normalized spacial score (nSPS) is 17.1. The van der Waals surface area contributed by atoms with Gasteiger partial charge in [0.05, 0.1) is 5.92 Å². The molecule has 4 heteroatoms. The van der Waals surface area contributed by atoms with E-state index >= 15 is 0 Å². The van der Waals surface area contributed by atoms with Gasteiger partial charge in [0.1, 0.15) is 0 Å². The molecule has 4 nitrogen and oxygen atoms in total. The molecule has 1 fully saturated rings. The summed E-state index contributed by atoms with van der Waals surface area (Å²) >= 11 is 0. The van der Waals surface area contributed by atoms with E-state index in [0.29, 0.717) is 25.3 Å². The van der Waals surface area contributed by atoms with Gasteiger partial charge in [-0.15, -0.1) is 0 Å². The van der Waals surface area contributed by atoms with Crippen LogP contribution in [0.25, 0.3) is 0 Å². The maximum atomic E-state index is 11.2. The first-order valence-corrected chi connectivity index (χ1v) is 5.59. The number of carbonyl (C=O) groups excluding carboxylic acids is 1. The lowest BCUT2D eigenvalue weighted by atomic mass is 10.1. The zero-order chi connectivity index (χ0) is 11.3. The highest BCUT2D eigenvalue weighted by Gasteiger charge is 2.23. The molecule has 1 rings (SSSR count). The quantitative estimate of drug-likeness (QED) is 0.628. The summed E-state index contributed by atoms with van der Waals surface area (Å²) in [5, 5.41) is 11.4. The Morgan fingerprint density at radius 2 is 2.13 bits per heavy atom. The minimum Gasteiger partial charge on any atom is -0.481 e. The minimum absolute atomic E-state index is 0.112. The Balaban J connectivity index is 1.95. The number of amides is 1. The fourth-order valence-electron chi connectivity index (χ4n) is 1.42. The van der Waals surface area contributed by atoms with E-state index in [0.717, 1.165) is 6.42 Å². The fourth-order valence-corrected chi connectivity index (χ4v) is 1.42. The van der Waals surface area contributed by atoms with Crippen LogP contribution in [0.15, 0.2) is 0 Å². The first-order chi connectivity index (χ1) is 7.09. The van der Waals surface area contributed by atoms with Gasteiger partial charge in [0, 0.05) is 13.0 Å². The summed E-state index contributed by atoms with van der Waals surface area (Å²) in [5.41, 5.74) is 0. The van der Waals surface area contributed by atoms with Crippen LogP contribution in [0.3, 0.4) is 0 Å². The van der Waals surface area contributed by atoms with Gasteiger partial charge in [0.15, 0.2) is 0 Å². The highest BCUT2D eigenvalue weighted by molar-refractivity contribution is 5.76. The number of nitrogens with one attached hydrogen (secondary N) is 1. The molecule has 15 heavy (non-hydrogen) atoms. The molecule has 0 spiro atoms. The van der Waals surface area contributed by atoms with Crippen LogP contribution in [0.5, 0.6) is 0 Å². The molecule has 0 aromatic carbocycles. The summed E-state index contributed by atoms with van der Waals surface area (Å²) in [6.07, 6.45) is 4.38. The van der Waals surface area contributed by atoms with Crippen LogP contribution in [-0.4, -0.2) is 23.5 Å². The molecule has 0 saturated heterocycles. The van der Waals surface area contributed by atoms with Gasteiger partial charge in [0.25, 0.3) is 0 Å². The summed E-state index contributed by atoms with van der Waals surface area (Å²) < 4.78 is 0. The standard InChI is InChI=1S/C11H19NO3/c1-8(11(14)15)3-2-6-12-10(13)7-9-4-5-9/h8-9H,2-7H2,1H3,(H,12,13)(H,14,15). The number of rotatable bonds is 7. The zero-order valence-corrected chi connectivity index (χ0v) is 9.16. The van der Waals surface area contributed by atoms with E-state index in [9.17, 15) is 9.59 Å². The zero-order valence-electron chi connectivity index (χ0n) is 9.16. The van der Waals surface area contributed by atoms with Gasteiger partial charge >= 0.3 is 5.97 Å². The Kier molecular flexibility index (Phi) is 4.59. The maximum Gasteiger partial charge on any atom is 0.306 e. The smallest absolute Gasteiger partial charge is 0.306 e. The molecule has 1 unspecified atom stereocenters. The lowest BCUT2D eigenvalue weighted by molar-refractivity contribution is -0.141. The Morgan fingerprint density at radius 1 is 1.47 bits per heavy atom. The molecule has 2 N–H and O–H groups in total. The first-order valence-electron chi connectivity index (χ1n) is 5.59. The van der Waals surface area contributed by atoms with Gasteiger partial charge in [-0.1, -0.05) is 6.92 Å².